The Morgan fingerprint density at radius 2 is 1.67 bits per heavy atom. The largest absolute Gasteiger partial charge is 0.489 e. The zero-order valence-electron chi connectivity index (χ0n) is 12.1. The van der Waals surface area contributed by atoms with Crippen molar-refractivity contribution in [1.82, 2.24) is 0 Å². The van der Waals surface area contributed by atoms with Crippen molar-refractivity contribution in [3.05, 3.63) is 65.7 Å². The van der Waals surface area contributed by atoms with Gasteiger partial charge >= 0.3 is 0 Å². The number of hydrogen-bond donors (Lipinski definition) is 1. The van der Waals surface area contributed by atoms with E-state index < -0.39 is 0 Å². The number of nitrogens with two attached hydrogens (primary N) is 1. The molecule has 0 bridgehead atoms. The van der Waals surface area contributed by atoms with Crippen LogP contribution in [0.15, 0.2) is 54.6 Å². The van der Waals surface area contributed by atoms with Crippen LogP contribution in [0.1, 0.15) is 36.4 Å². The van der Waals surface area contributed by atoms with E-state index in [1.165, 1.54) is 18.4 Å². The van der Waals surface area contributed by atoms with Gasteiger partial charge in [-0.1, -0.05) is 61.4 Å². The molecule has 21 heavy (non-hydrogen) atoms. The van der Waals surface area contributed by atoms with Crippen molar-refractivity contribution in [3.63, 3.8) is 0 Å². The quantitative estimate of drug-likeness (QED) is 0.853. The van der Waals surface area contributed by atoms with E-state index in [-0.39, 0.29) is 18.4 Å². The third-order valence-corrected chi connectivity index (χ3v) is 3.84. The molecule has 1 fully saturated rings. The molecule has 0 aliphatic heterocycles. The molecule has 0 heterocycles. The first kappa shape index (κ1) is 15.9. The first-order chi connectivity index (χ1) is 9.83. The highest BCUT2D eigenvalue weighted by molar-refractivity contribution is 5.85. The summed E-state index contributed by atoms with van der Waals surface area (Å²) in [6.45, 7) is 0.591. The van der Waals surface area contributed by atoms with Crippen LogP contribution in [-0.4, -0.2) is 0 Å². The Balaban J connectivity index is 0.00000161. The van der Waals surface area contributed by atoms with Gasteiger partial charge in [-0.05, 0) is 24.0 Å². The van der Waals surface area contributed by atoms with Gasteiger partial charge in [0.2, 0.25) is 0 Å². The highest BCUT2D eigenvalue weighted by Crippen LogP contribution is 2.38. The lowest BCUT2D eigenvalue weighted by Crippen LogP contribution is -2.12. The van der Waals surface area contributed by atoms with E-state index in [0.717, 1.165) is 23.7 Å². The predicted molar refractivity (Wildman–Crippen MR) is 88.7 cm³/mol. The molecule has 0 spiro atoms. The van der Waals surface area contributed by atoms with E-state index in [1.807, 2.05) is 36.4 Å². The molecule has 1 saturated carbocycles. The number of para-hydroxylation sites is 1. The maximum Gasteiger partial charge on any atom is 0.124 e. The van der Waals surface area contributed by atoms with E-state index in [0.29, 0.717) is 6.61 Å². The SMILES string of the molecule is Cl.N[C@@H](CC1CC1)c1ccccc1OCc1ccccc1. The second kappa shape index (κ2) is 7.48. The van der Waals surface area contributed by atoms with Gasteiger partial charge < -0.3 is 10.5 Å². The first-order valence-corrected chi connectivity index (χ1v) is 7.34. The fourth-order valence-electron chi connectivity index (χ4n) is 2.49. The van der Waals surface area contributed by atoms with Gasteiger partial charge in [0.15, 0.2) is 0 Å². The fourth-order valence-corrected chi connectivity index (χ4v) is 2.49. The Morgan fingerprint density at radius 3 is 2.38 bits per heavy atom. The molecule has 0 amide bonds. The van der Waals surface area contributed by atoms with Gasteiger partial charge in [-0.25, -0.2) is 0 Å². The fraction of sp³-hybridized carbons (Fsp3) is 0.333. The van der Waals surface area contributed by atoms with Crippen molar-refractivity contribution in [2.75, 3.05) is 0 Å². The number of hydrogen-bond acceptors (Lipinski definition) is 2. The van der Waals surface area contributed by atoms with Crippen molar-refractivity contribution >= 4 is 12.4 Å². The minimum atomic E-state index is 0. The topological polar surface area (TPSA) is 35.2 Å². The Kier molecular flexibility index (Phi) is 5.66. The molecule has 3 rings (SSSR count). The van der Waals surface area contributed by atoms with Crippen LogP contribution in [0.3, 0.4) is 0 Å². The monoisotopic (exact) mass is 303 g/mol. The molecule has 1 aliphatic carbocycles. The zero-order chi connectivity index (χ0) is 13.8. The van der Waals surface area contributed by atoms with Crippen LogP contribution >= 0.6 is 12.4 Å². The number of halogens is 1. The molecule has 2 aromatic carbocycles. The lowest BCUT2D eigenvalue weighted by atomic mass is 10.0. The average molecular weight is 304 g/mol. The maximum absolute atomic E-state index is 6.33. The molecule has 0 unspecified atom stereocenters. The summed E-state index contributed by atoms with van der Waals surface area (Å²) in [4.78, 5) is 0. The van der Waals surface area contributed by atoms with Gasteiger partial charge in [-0.15, -0.1) is 12.4 Å². The lowest BCUT2D eigenvalue weighted by Gasteiger charge is -2.17. The Hall–Kier alpha value is -1.51. The highest BCUT2D eigenvalue weighted by atomic mass is 35.5. The Bertz CT molecular complexity index is 554. The second-order valence-corrected chi connectivity index (χ2v) is 5.60. The molecule has 0 aromatic heterocycles. The summed E-state index contributed by atoms with van der Waals surface area (Å²) in [5.74, 6) is 1.75. The lowest BCUT2D eigenvalue weighted by molar-refractivity contribution is 0.300. The summed E-state index contributed by atoms with van der Waals surface area (Å²) in [5.41, 5.74) is 8.64. The third kappa shape index (κ3) is 4.48. The van der Waals surface area contributed by atoms with Crippen LogP contribution in [0, 0.1) is 5.92 Å². The Morgan fingerprint density at radius 1 is 1.00 bits per heavy atom. The van der Waals surface area contributed by atoms with Gasteiger partial charge in [-0.3, -0.25) is 0 Å². The van der Waals surface area contributed by atoms with Crippen molar-refractivity contribution in [2.45, 2.75) is 31.9 Å². The minimum absolute atomic E-state index is 0. The van der Waals surface area contributed by atoms with E-state index in [4.69, 9.17) is 10.5 Å². The molecule has 0 saturated heterocycles. The van der Waals surface area contributed by atoms with Crippen LogP contribution in [0.5, 0.6) is 5.75 Å². The average Bonchev–Trinajstić information content (AvgIpc) is 3.30. The summed E-state index contributed by atoms with van der Waals surface area (Å²) in [7, 11) is 0. The van der Waals surface area contributed by atoms with E-state index in [9.17, 15) is 0 Å². The molecule has 112 valence electrons. The molecule has 1 aliphatic rings. The molecular formula is C18H22ClNO. The van der Waals surface area contributed by atoms with Crippen LogP contribution in [0.25, 0.3) is 0 Å². The van der Waals surface area contributed by atoms with Gasteiger partial charge in [0.05, 0.1) is 0 Å². The van der Waals surface area contributed by atoms with Crippen molar-refractivity contribution < 1.29 is 4.74 Å². The predicted octanol–water partition coefficient (Wildman–Crippen LogP) is 4.49. The summed E-state index contributed by atoms with van der Waals surface area (Å²) in [5, 5.41) is 0. The standard InChI is InChI=1S/C18H21NO.ClH/c19-17(12-14-10-11-14)16-8-4-5-9-18(16)20-13-15-6-2-1-3-7-15;/h1-9,14,17H,10-13,19H2;1H/t17-;/m0./s1. The summed E-state index contributed by atoms with van der Waals surface area (Å²) in [6.07, 6.45) is 3.74. The molecule has 1 atom stereocenters. The minimum Gasteiger partial charge on any atom is -0.489 e. The summed E-state index contributed by atoms with van der Waals surface area (Å²) < 4.78 is 5.97. The molecule has 0 radical (unpaired) electrons. The molecular weight excluding hydrogens is 282 g/mol. The smallest absolute Gasteiger partial charge is 0.124 e. The Labute approximate surface area is 132 Å². The molecule has 2 N–H and O–H groups in total. The van der Waals surface area contributed by atoms with Crippen LogP contribution in [0.4, 0.5) is 0 Å². The van der Waals surface area contributed by atoms with Crippen molar-refractivity contribution in [1.29, 1.82) is 0 Å². The second-order valence-electron chi connectivity index (χ2n) is 5.60. The first-order valence-electron chi connectivity index (χ1n) is 7.34. The van der Waals surface area contributed by atoms with E-state index in [2.05, 4.69) is 18.2 Å². The molecule has 2 aromatic rings. The number of benzene rings is 2. The zero-order valence-corrected chi connectivity index (χ0v) is 12.9. The van der Waals surface area contributed by atoms with Gasteiger partial charge in [0, 0.05) is 11.6 Å². The summed E-state index contributed by atoms with van der Waals surface area (Å²) >= 11 is 0. The van der Waals surface area contributed by atoms with E-state index >= 15 is 0 Å². The van der Waals surface area contributed by atoms with Crippen LogP contribution < -0.4 is 10.5 Å². The third-order valence-electron chi connectivity index (χ3n) is 3.84. The number of rotatable bonds is 6. The van der Waals surface area contributed by atoms with Crippen molar-refractivity contribution in [3.8, 4) is 5.75 Å². The molecule has 3 heteroatoms. The van der Waals surface area contributed by atoms with Crippen LogP contribution in [0.2, 0.25) is 0 Å². The van der Waals surface area contributed by atoms with Crippen LogP contribution in [-0.2, 0) is 6.61 Å². The van der Waals surface area contributed by atoms with E-state index in [1.54, 1.807) is 0 Å². The maximum atomic E-state index is 6.33. The highest BCUT2D eigenvalue weighted by Gasteiger charge is 2.25. The number of ether oxygens (including phenoxy) is 1. The molecule has 2 nitrogen and oxygen atoms in total. The van der Waals surface area contributed by atoms with Gasteiger partial charge in [0.1, 0.15) is 12.4 Å². The van der Waals surface area contributed by atoms with Gasteiger partial charge in [0.25, 0.3) is 0 Å². The normalized spacial score (nSPS) is 15.1. The van der Waals surface area contributed by atoms with Crippen molar-refractivity contribution in [2.24, 2.45) is 11.7 Å². The van der Waals surface area contributed by atoms with Gasteiger partial charge in [-0.2, -0.15) is 0 Å². The summed E-state index contributed by atoms with van der Waals surface area (Å²) in [6, 6.07) is 18.5.